The molecule has 1 aliphatic rings. The van der Waals surface area contributed by atoms with Crippen molar-refractivity contribution in [1.29, 1.82) is 0 Å². The maximum atomic E-state index is 13.4. The minimum Gasteiger partial charge on any atom is -0.478 e. The first-order valence-electron chi connectivity index (χ1n) is 10.4. The molecule has 1 unspecified atom stereocenters. The summed E-state index contributed by atoms with van der Waals surface area (Å²) in [6.07, 6.45) is 3.41. The van der Waals surface area contributed by atoms with Crippen molar-refractivity contribution in [2.45, 2.75) is 66.5 Å². The van der Waals surface area contributed by atoms with Crippen molar-refractivity contribution < 1.29 is 19.5 Å². The highest BCUT2D eigenvalue weighted by molar-refractivity contribution is 5.90. The summed E-state index contributed by atoms with van der Waals surface area (Å²) >= 11 is 0. The number of carboxylic acids is 1. The molecule has 7 nitrogen and oxygen atoms in total. The molecule has 0 aromatic carbocycles. The number of aliphatic carboxylic acids is 1. The third-order valence-corrected chi connectivity index (χ3v) is 5.63. The van der Waals surface area contributed by atoms with Crippen molar-refractivity contribution >= 4 is 17.8 Å². The summed E-state index contributed by atoms with van der Waals surface area (Å²) in [5, 5.41) is 12.2. The SMILES string of the molecule is C/C(=C\[C@H](C(C)C)N(C)C(=O)[C@@H](NC(=O)C1CCCN(C)C1)C(C)(C)C)C(=O)O. The fourth-order valence-electron chi connectivity index (χ4n) is 3.72. The maximum absolute atomic E-state index is 13.4. The van der Waals surface area contributed by atoms with Crippen molar-refractivity contribution in [1.82, 2.24) is 15.1 Å². The van der Waals surface area contributed by atoms with Crippen LogP contribution in [0.3, 0.4) is 0 Å². The first kappa shape index (κ1) is 25.1. The van der Waals surface area contributed by atoms with Crippen LogP contribution >= 0.6 is 0 Å². The third kappa shape index (κ3) is 7.14. The molecule has 7 heteroatoms. The molecule has 0 aromatic rings. The Labute approximate surface area is 175 Å². The predicted octanol–water partition coefficient (Wildman–Crippen LogP) is 2.37. The minimum atomic E-state index is -1.00. The number of nitrogens with one attached hydrogen (secondary N) is 1. The fraction of sp³-hybridized carbons (Fsp3) is 0.773. The number of likely N-dealkylation sites (N-methyl/N-ethyl adjacent to an activating group) is 1. The van der Waals surface area contributed by atoms with Gasteiger partial charge >= 0.3 is 5.97 Å². The van der Waals surface area contributed by atoms with E-state index < -0.39 is 17.4 Å². The Morgan fingerprint density at radius 1 is 1.24 bits per heavy atom. The highest BCUT2D eigenvalue weighted by atomic mass is 16.4. The Morgan fingerprint density at radius 2 is 1.83 bits per heavy atom. The smallest absolute Gasteiger partial charge is 0.331 e. The Kier molecular flexibility index (Phi) is 8.87. The van der Waals surface area contributed by atoms with Gasteiger partial charge in [-0.3, -0.25) is 9.59 Å². The summed E-state index contributed by atoms with van der Waals surface area (Å²) in [5.74, 6) is -1.38. The summed E-state index contributed by atoms with van der Waals surface area (Å²) < 4.78 is 0. The van der Waals surface area contributed by atoms with E-state index in [4.69, 9.17) is 0 Å². The summed E-state index contributed by atoms with van der Waals surface area (Å²) in [6, 6.07) is -1.06. The third-order valence-electron chi connectivity index (χ3n) is 5.63. The molecule has 1 heterocycles. The first-order valence-corrected chi connectivity index (χ1v) is 10.4. The molecule has 2 amide bonds. The minimum absolute atomic E-state index is 0.0292. The maximum Gasteiger partial charge on any atom is 0.331 e. The number of likely N-dealkylation sites (tertiary alicyclic amines) is 1. The topological polar surface area (TPSA) is 90.0 Å². The van der Waals surface area contributed by atoms with Gasteiger partial charge in [0.25, 0.3) is 0 Å². The van der Waals surface area contributed by atoms with Gasteiger partial charge in [0.05, 0.1) is 12.0 Å². The van der Waals surface area contributed by atoms with Gasteiger partial charge in [-0.25, -0.2) is 4.79 Å². The number of carbonyl (C=O) groups excluding carboxylic acids is 2. The van der Waals surface area contributed by atoms with E-state index in [2.05, 4.69) is 10.2 Å². The summed E-state index contributed by atoms with van der Waals surface area (Å²) in [7, 11) is 3.68. The van der Waals surface area contributed by atoms with Crippen LogP contribution in [0.1, 0.15) is 54.4 Å². The highest BCUT2D eigenvalue weighted by Gasteiger charge is 2.38. The molecule has 0 spiro atoms. The lowest BCUT2D eigenvalue weighted by Crippen LogP contribution is -2.58. The number of carboxylic acid groups (broad SMARTS) is 1. The van der Waals surface area contributed by atoms with Crippen molar-refractivity contribution in [2.24, 2.45) is 17.3 Å². The number of nitrogens with zero attached hydrogens (tertiary/aromatic N) is 2. The van der Waals surface area contributed by atoms with E-state index in [9.17, 15) is 19.5 Å². The molecular weight excluding hydrogens is 370 g/mol. The average molecular weight is 410 g/mol. The molecule has 1 rings (SSSR count). The van der Waals surface area contributed by atoms with Crippen LogP contribution in [0.15, 0.2) is 11.6 Å². The second-order valence-corrected chi connectivity index (χ2v) is 9.75. The van der Waals surface area contributed by atoms with Crippen LogP contribution in [0.2, 0.25) is 0 Å². The number of amides is 2. The average Bonchev–Trinajstić information content (AvgIpc) is 2.61. The lowest BCUT2D eigenvalue weighted by atomic mass is 9.84. The van der Waals surface area contributed by atoms with E-state index in [-0.39, 0.29) is 35.3 Å². The zero-order valence-electron chi connectivity index (χ0n) is 19.3. The zero-order chi connectivity index (χ0) is 22.5. The van der Waals surface area contributed by atoms with E-state index in [1.165, 1.54) is 6.92 Å². The van der Waals surface area contributed by atoms with Gasteiger partial charge in [-0.1, -0.05) is 40.7 Å². The van der Waals surface area contributed by atoms with Crippen molar-refractivity contribution in [2.75, 3.05) is 27.2 Å². The number of rotatable bonds is 7. The molecule has 0 aromatic heterocycles. The van der Waals surface area contributed by atoms with Crippen LogP contribution in [0.25, 0.3) is 0 Å². The molecule has 0 radical (unpaired) electrons. The predicted molar refractivity (Wildman–Crippen MR) is 114 cm³/mol. The molecule has 0 bridgehead atoms. The summed E-state index contributed by atoms with van der Waals surface area (Å²) in [6.45, 7) is 12.9. The number of carbonyl (C=O) groups is 3. The second kappa shape index (κ2) is 10.2. The monoisotopic (exact) mass is 409 g/mol. The van der Waals surface area contributed by atoms with Gasteiger partial charge in [0, 0.05) is 19.2 Å². The van der Waals surface area contributed by atoms with Crippen LogP contribution in [-0.2, 0) is 14.4 Å². The van der Waals surface area contributed by atoms with E-state index in [1.807, 2.05) is 41.7 Å². The van der Waals surface area contributed by atoms with Crippen molar-refractivity contribution in [3.8, 4) is 0 Å². The van der Waals surface area contributed by atoms with Gasteiger partial charge in [-0.15, -0.1) is 0 Å². The molecule has 1 fully saturated rings. The Hall–Kier alpha value is -1.89. The quantitative estimate of drug-likeness (QED) is 0.630. The number of piperidine rings is 1. The fourth-order valence-corrected chi connectivity index (χ4v) is 3.72. The Balaban J connectivity index is 3.07. The largest absolute Gasteiger partial charge is 0.478 e. The van der Waals surface area contributed by atoms with Crippen LogP contribution < -0.4 is 5.32 Å². The summed E-state index contributed by atoms with van der Waals surface area (Å²) in [4.78, 5) is 41.3. The molecule has 1 saturated heterocycles. The molecule has 0 aliphatic carbocycles. The zero-order valence-corrected chi connectivity index (χ0v) is 19.3. The van der Waals surface area contributed by atoms with Gasteiger partial charge in [0.2, 0.25) is 11.8 Å². The van der Waals surface area contributed by atoms with E-state index >= 15 is 0 Å². The molecule has 3 atom stereocenters. The highest BCUT2D eigenvalue weighted by Crippen LogP contribution is 2.25. The van der Waals surface area contributed by atoms with Crippen LogP contribution in [-0.4, -0.2) is 72.0 Å². The first-order chi connectivity index (χ1) is 13.3. The Morgan fingerprint density at radius 3 is 2.28 bits per heavy atom. The lowest BCUT2D eigenvalue weighted by Gasteiger charge is -2.38. The van der Waals surface area contributed by atoms with E-state index in [1.54, 1.807) is 18.0 Å². The molecule has 1 aliphatic heterocycles. The molecule has 2 N–H and O–H groups in total. The molecule has 166 valence electrons. The standard InChI is InChI=1S/C22H39N3O4/c1-14(2)17(12-15(3)21(28)29)25(8)20(27)18(22(4,5)6)23-19(26)16-10-9-11-24(7)13-16/h12,14,16-18H,9-11,13H2,1-8H3,(H,23,26)(H,28,29)/b15-12+/t16?,17-,18-/m1/s1. The van der Waals surface area contributed by atoms with Gasteiger partial charge < -0.3 is 20.2 Å². The molecular formula is C22H39N3O4. The number of hydrogen-bond acceptors (Lipinski definition) is 4. The van der Waals surface area contributed by atoms with Gasteiger partial charge in [0.1, 0.15) is 6.04 Å². The van der Waals surface area contributed by atoms with Crippen LogP contribution in [0, 0.1) is 17.3 Å². The van der Waals surface area contributed by atoms with E-state index in [0.717, 1.165) is 19.4 Å². The summed E-state index contributed by atoms with van der Waals surface area (Å²) in [5.41, 5.74) is -0.279. The molecule has 29 heavy (non-hydrogen) atoms. The lowest BCUT2D eigenvalue weighted by molar-refractivity contribution is -0.141. The van der Waals surface area contributed by atoms with Crippen LogP contribution in [0.4, 0.5) is 0 Å². The van der Waals surface area contributed by atoms with Crippen LogP contribution in [0.5, 0.6) is 0 Å². The van der Waals surface area contributed by atoms with Crippen molar-refractivity contribution in [3.63, 3.8) is 0 Å². The van der Waals surface area contributed by atoms with Gasteiger partial charge in [0.15, 0.2) is 0 Å². The van der Waals surface area contributed by atoms with E-state index in [0.29, 0.717) is 6.54 Å². The van der Waals surface area contributed by atoms with Crippen molar-refractivity contribution in [3.05, 3.63) is 11.6 Å². The molecule has 0 saturated carbocycles. The Bertz CT molecular complexity index is 636. The normalized spacial score (nSPS) is 20.9. The second-order valence-electron chi connectivity index (χ2n) is 9.75. The van der Waals surface area contributed by atoms with Gasteiger partial charge in [-0.2, -0.15) is 0 Å². The number of hydrogen-bond donors (Lipinski definition) is 2. The van der Waals surface area contributed by atoms with Gasteiger partial charge in [-0.05, 0) is 44.7 Å².